The SMILES string of the molecule is CCOc1ccc(NC(=O)CCn2ccccc2=O)cc1F. The molecule has 0 aliphatic carbocycles. The van der Waals surface area contributed by atoms with Gasteiger partial charge in [-0.3, -0.25) is 9.59 Å². The Balaban J connectivity index is 1.93. The van der Waals surface area contributed by atoms with Crippen LogP contribution < -0.4 is 15.6 Å². The second-order valence-corrected chi connectivity index (χ2v) is 4.61. The van der Waals surface area contributed by atoms with Gasteiger partial charge in [0.15, 0.2) is 11.6 Å². The minimum atomic E-state index is -0.529. The average molecular weight is 304 g/mol. The number of nitrogens with zero attached hydrogens (tertiary/aromatic N) is 1. The van der Waals surface area contributed by atoms with Gasteiger partial charge in [0.25, 0.3) is 5.56 Å². The lowest BCUT2D eigenvalue weighted by atomic mass is 10.2. The number of hydrogen-bond donors (Lipinski definition) is 1. The van der Waals surface area contributed by atoms with Gasteiger partial charge in [0.1, 0.15) is 0 Å². The zero-order valence-electron chi connectivity index (χ0n) is 12.2. The molecule has 0 bridgehead atoms. The van der Waals surface area contributed by atoms with Crippen LogP contribution in [-0.2, 0) is 11.3 Å². The summed E-state index contributed by atoms with van der Waals surface area (Å²) >= 11 is 0. The minimum absolute atomic E-state index is 0.124. The number of aromatic nitrogens is 1. The molecule has 1 aromatic heterocycles. The molecule has 0 spiro atoms. The van der Waals surface area contributed by atoms with E-state index in [1.54, 1.807) is 31.3 Å². The lowest BCUT2D eigenvalue weighted by Crippen LogP contribution is -2.21. The molecule has 0 unspecified atom stereocenters. The van der Waals surface area contributed by atoms with Gasteiger partial charge >= 0.3 is 0 Å². The Morgan fingerprint density at radius 1 is 1.32 bits per heavy atom. The molecule has 1 N–H and O–H groups in total. The van der Waals surface area contributed by atoms with E-state index in [1.165, 1.54) is 22.8 Å². The molecule has 0 atom stereocenters. The van der Waals surface area contributed by atoms with E-state index in [0.29, 0.717) is 12.3 Å². The molecule has 0 fully saturated rings. The van der Waals surface area contributed by atoms with E-state index in [1.807, 2.05) is 0 Å². The zero-order chi connectivity index (χ0) is 15.9. The topological polar surface area (TPSA) is 60.3 Å². The highest BCUT2D eigenvalue weighted by Gasteiger charge is 2.07. The molecular formula is C16H17FN2O3. The number of nitrogens with one attached hydrogen (secondary N) is 1. The highest BCUT2D eigenvalue weighted by molar-refractivity contribution is 5.90. The number of benzene rings is 1. The van der Waals surface area contributed by atoms with Crippen LogP contribution >= 0.6 is 0 Å². The number of hydrogen-bond acceptors (Lipinski definition) is 3. The van der Waals surface area contributed by atoms with Gasteiger partial charge in [-0.1, -0.05) is 6.07 Å². The van der Waals surface area contributed by atoms with Crippen LogP contribution in [-0.4, -0.2) is 17.1 Å². The quantitative estimate of drug-likeness (QED) is 0.891. The molecule has 0 saturated heterocycles. The van der Waals surface area contributed by atoms with Crippen LogP contribution in [0, 0.1) is 5.82 Å². The van der Waals surface area contributed by atoms with E-state index in [0.717, 1.165) is 0 Å². The standard InChI is InChI=1S/C16H17FN2O3/c1-2-22-14-7-6-12(11-13(14)17)18-15(20)8-10-19-9-4-3-5-16(19)21/h3-7,9,11H,2,8,10H2,1H3,(H,18,20). The number of pyridine rings is 1. The number of ether oxygens (including phenoxy) is 1. The van der Waals surface area contributed by atoms with Crippen LogP contribution in [0.15, 0.2) is 47.4 Å². The summed E-state index contributed by atoms with van der Waals surface area (Å²) in [5.74, 6) is -0.672. The van der Waals surface area contributed by atoms with Gasteiger partial charge < -0.3 is 14.6 Å². The highest BCUT2D eigenvalue weighted by Crippen LogP contribution is 2.21. The van der Waals surface area contributed by atoms with Gasteiger partial charge in [-0.15, -0.1) is 0 Å². The summed E-state index contributed by atoms with van der Waals surface area (Å²) in [5.41, 5.74) is 0.189. The van der Waals surface area contributed by atoms with Crippen molar-refractivity contribution in [1.29, 1.82) is 0 Å². The van der Waals surface area contributed by atoms with Crippen molar-refractivity contribution in [3.63, 3.8) is 0 Å². The molecule has 0 aliphatic heterocycles. The third kappa shape index (κ3) is 4.18. The summed E-state index contributed by atoms with van der Waals surface area (Å²) in [6.45, 7) is 2.40. The largest absolute Gasteiger partial charge is 0.491 e. The van der Waals surface area contributed by atoms with E-state index in [4.69, 9.17) is 4.74 Å². The molecule has 0 aliphatic rings. The number of carbonyl (C=O) groups excluding carboxylic acids is 1. The molecule has 5 nitrogen and oxygen atoms in total. The summed E-state index contributed by atoms with van der Waals surface area (Å²) in [5, 5.41) is 2.59. The smallest absolute Gasteiger partial charge is 0.250 e. The van der Waals surface area contributed by atoms with Crippen LogP contribution in [0.1, 0.15) is 13.3 Å². The number of aryl methyl sites for hydroxylation is 1. The number of carbonyl (C=O) groups is 1. The number of rotatable bonds is 6. The molecule has 0 radical (unpaired) electrons. The van der Waals surface area contributed by atoms with Crippen LogP contribution in [0.25, 0.3) is 0 Å². The van der Waals surface area contributed by atoms with Crippen LogP contribution in [0.2, 0.25) is 0 Å². The fourth-order valence-electron chi connectivity index (χ4n) is 1.94. The van der Waals surface area contributed by atoms with Gasteiger partial charge in [0, 0.05) is 37.0 Å². The van der Waals surface area contributed by atoms with Crippen LogP contribution in [0.3, 0.4) is 0 Å². The molecule has 1 heterocycles. The van der Waals surface area contributed by atoms with Crippen molar-refractivity contribution in [2.45, 2.75) is 19.9 Å². The number of anilines is 1. The fourth-order valence-corrected chi connectivity index (χ4v) is 1.94. The Bertz CT molecular complexity index is 713. The van der Waals surface area contributed by atoms with Crippen molar-refractivity contribution in [1.82, 2.24) is 4.57 Å². The summed E-state index contributed by atoms with van der Waals surface area (Å²) in [7, 11) is 0. The average Bonchev–Trinajstić information content (AvgIpc) is 2.49. The summed E-state index contributed by atoms with van der Waals surface area (Å²) in [6, 6.07) is 9.04. The molecule has 1 aromatic carbocycles. The van der Waals surface area contributed by atoms with E-state index in [9.17, 15) is 14.0 Å². The molecule has 2 aromatic rings. The molecule has 116 valence electrons. The van der Waals surface area contributed by atoms with Crippen molar-refractivity contribution in [2.24, 2.45) is 0 Å². The minimum Gasteiger partial charge on any atom is -0.491 e. The first-order valence-corrected chi connectivity index (χ1v) is 6.98. The lowest BCUT2D eigenvalue weighted by Gasteiger charge is -2.09. The second-order valence-electron chi connectivity index (χ2n) is 4.61. The van der Waals surface area contributed by atoms with Crippen molar-refractivity contribution in [3.8, 4) is 5.75 Å². The predicted molar refractivity (Wildman–Crippen MR) is 81.5 cm³/mol. The summed E-state index contributed by atoms with van der Waals surface area (Å²) < 4.78 is 20.2. The Morgan fingerprint density at radius 2 is 2.14 bits per heavy atom. The van der Waals surface area contributed by atoms with Gasteiger partial charge in [-0.2, -0.15) is 0 Å². The first-order valence-electron chi connectivity index (χ1n) is 6.98. The third-order valence-electron chi connectivity index (χ3n) is 2.99. The molecule has 0 saturated carbocycles. The molecular weight excluding hydrogens is 287 g/mol. The maximum atomic E-state index is 13.7. The Labute approximate surface area is 127 Å². The maximum Gasteiger partial charge on any atom is 0.250 e. The van der Waals surface area contributed by atoms with Crippen molar-refractivity contribution >= 4 is 11.6 Å². The van der Waals surface area contributed by atoms with Crippen LogP contribution in [0.5, 0.6) is 5.75 Å². The van der Waals surface area contributed by atoms with E-state index >= 15 is 0 Å². The summed E-state index contributed by atoms with van der Waals surface area (Å²) in [6.07, 6.45) is 1.74. The van der Waals surface area contributed by atoms with E-state index in [-0.39, 0.29) is 30.2 Å². The monoisotopic (exact) mass is 304 g/mol. The van der Waals surface area contributed by atoms with Gasteiger partial charge in [-0.05, 0) is 25.1 Å². The van der Waals surface area contributed by atoms with Gasteiger partial charge in [-0.25, -0.2) is 4.39 Å². The van der Waals surface area contributed by atoms with Crippen molar-refractivity contribution in [3.05, 3.63) is 58.8 Å². The normalized spacial score (nSPS) is 10.3. The zero-order valence-corrected chi connectivity index (χ0v) is 12.2. The summed E-state index contributed by atoms with van der Waals surface area (Å²) in [4.78, 5) is 23.3. The first-order chi connectivity index (χ1) is 10.6. The van der Waals surface area contributed by atoms with Crippen molar-refractivity contribution in [2.75, 3.05) is 11.9 Å². The Kier molecular flexibility index (Phi) is 5.30. The fraction of sp³-hybridized carbons (Fsp3) is 0.250. The van der Waals surface area contributed by atoms with Gasteiger partial charge in [0.05, 0.1) is 6.61 Å². The van der Waals surface area contributed by atoms with E-state index < -0.39 is 5.82 Å². The Morgan fingerprint density at radius 3 is 2.82 bits per heavy atom. The Hall–Kier alpha value is -2.63. The highest BCUT2D eigenvalue weighted by atomic mass is 19.1. The molecule has 2 rings (SSSR count). The van der Waals surface area contributed by atoms with Crippen LogP contribution in [0.4, 0.5) is 10.1 Å². The second kappa shape index (κ2) is 7.40. The van der Waals surface area contributed by atoms with Gasteiger partial charge in [0.2, 0.25) is 5.91 Å². The van der Waals surface area contributed by atoms with E-state index in [2.05, 4.69) is 5.32 Å². The third-order valence-corrected chi connectivity index (χ3v) is 2.99. The lowest BCUT2D eigenvalue weighted by molar-refractivity contribution is -0.116. The predicted octanol–water partition coefficient (Wildman–Crippen LogP) is 2.41. The number of amides is 1. The van der Waals surface area contributed by atoms with Crippen molar-refractivity contribution < 1.29 is 13.9 Å². The molecule has 1 amide bonds. The molecule has 6 heteroatoms. The number of halogens is 1. The first kappa shape index (κ1) is 15.8. The molecule has 22 heavy (non-hydrogen) atoms. The maximum absolute atomic E-state index is 13.7.